The molecule has 2 unspecified atom stereocenters. The number of ether oxygens (including phenoxy) is 1. The summed E-state index contributed by atoms with van der Waals surface area (Å²) in [6.45, 7) is 11.1. The lowest BCUT2D eigenvalue weighted by Gasteiger charge is -2.42. The molecule has 0 radical (unpaired) electrons. The van der Waals surface area contributed by atoms with Crippen LogP contribution in [0.15, 0.2) is 0 Å². The van der Waals surface area contributed by atoms with E-state index in [4.69, 9.17) is 4.74 Å². The first kappa shape index (κ1) is 14.8. The number of amides is 1. The van der Waals surface area contributed by atoms with Crippen molar-refractivity contribution in [2.45, 2.75) is 44.9 Å². The van der Waals surface area contributed by atoms with Gasteiger partial charge in [-0.3, -0.25) is 9.69 Å². The van der Waals surface area contributed by atoms with Crippen LogP contribution in [0.3, 0.4) is 0 Å². The molecule has 0 aromatic rings. The van der Waals surface area contributed by atoms with Gasteiger partial charge >= 0.3 is 0 Å². The Morgan fingerprint density at radius 1 is 1.21 bits per heavy atom. The van der Waals surface area contributed by atoms with E-state index in [0.29, 0.717) is 0 Å². The third kappa shape index (κ3) is 3.46. The second-order valence-corrected chi connectivity index (χ2v) is 6.54. The Balaban J connectivity index is 1.83. The van der Waals surface area contributed by atoms with E-state index >= 15 is 0 Å². The highest BCUT2D eigenvalue weighted by Crippen LogP contribution is 2.18. The molecule has 1 N–H and O–H groups in total. The molecule has 0 aromatic carbocycles. The molecule has 0 aromatic heterocycles. The van der Waals surface area contributed by atoms with Crippen LogP contribution in [0.25, 0.3) is 0 Å². The third-order valence-electron chi connectivity index (χ3n) is 4.26. The van der Waals surface area contributed by atoms with Crippen LogP contribution in [0.5, 0.6) is 0 Å². The van der Waals surface area contributed by atoms with Crippen molar-refractivity contribution in [3.05, 3.63) is 0 Å². The van der Waals surface area contributed by atoms with Crippen molar-refractivity contribution in [2.24, 2.45) is 0 Å². The van der Waals surface area contributed by atoms with Crippen LogP contribution in [0, 0.1) is 0 Å². The normalized spacial score (nSPS) is 29.8. The maximum Gasteiger partial charge on any atom is 0.239 e. The minimum atomic E-state index is -0.0499. The molecule has 1 amide bonds. The molecule has 2 rings (SSSR count). The van der Waals surface area contributed by atoms with E-state index in [1.807, 2.05) is 4.90 Å². The molecule has 0 aliphatic carbocycles. The lowest BCUT2D eigenvalue weighted by atomic mass is 10.0. The third-order valence-corrected chi connectivity index (χ3v) is 4.26. The molecule has 2 aliphatic rings. The zero-order valence-electron chi connectivity index (χ0n) is 12.6. The van der Waals surface area contributed by atoms with Crippen molar-refractivity contribution in [3.63, 3.8) is 0 Å². The van der Waals surface area contributed by atoms with Crippen LogP contribution in [0.4, 0.5) is 0 Å². The first-order valence-corrected chi connectivity index (χ1v) is 7.22. The van der Waals surface area contributed by atoms with Gasteiger partial charge in [-0.15, -0.1) is 0 Å². The van der Waals surface area contributed by atoms with E-state index in [1.165, 1.54) is 0 Å². The number of nitrogens with zero attached hydrogens (tertiary/aromatic N) is 2. The summed E-state index contributed by atoms with van der Waals surface area (Å²) in [6.07, 6.45) is 0.985. The van der Waals surface area contributed by atoms with Gasteiger partial charge in [-0.25, -0.2) is 0 Å². The summed E-state index contributed by atoms with van der Waals surface area (Å²) in [7, 11) is 1.71. The van der Waals surface area contributed by atoms with Crippen molar-refractivity contribution in [2.75, 3.05) is 39.8 Å². The number of nitrogens with one attached hydrogen (secondary N) is 1. The average molecular weight is 269 g/mol. The van der Waals surface area contributed by atoms with Crippen molar-refractivity contribution in [3.8, 4) is 0 Å². The fourth-order valence-electron chi connectivity index (χ4n) is 2.89. The largest absolute Gasteiger partial charge is 0.380 e. The zero-order chi connectivity index (χ0) is 14.0. The Labute approximate surface area is 116 Å². The minimum absolute atomic E-state index is 0.0499. The van der Waals surface area contributed by atoms with Crippen molar-refractivity contribution >= 4 is 5.91 Å². The fraction of sp³-hybridized carbons (Fsp3) is 0.929. The molecule has 0 saturated carbocycles. The first-order chi connectivity index (χ1) is 8.91. The van der Waals surface area contributed by atoms with Gasteiger partial charge in [-0.1, -0.05) is 0 Å². The van der Waals surface area contributed by atoms with Gasteiger partial charge in [0.1, 0.15) is 0 Å². The average Bonchev–Trinajstić information content (AvgIpc) is 2.86. The molecule has 2 saturated heterocycles. The summed E-state index contributed by atoms with van der Waals surface area (Å²) < 4.78 is 5.30. The summed E-state index contributed by atoms with van der Waals surface area (Å²) in [5.74, 6) is 0.244. The van der Waals surface area contributed by atoms with Gasteiger partial charge in [-0.2, -0.15) is 0 Å². The van der Waals surface area contributed by atoms with Crippen molar-refractivity contribution in [1.82, 2.24) is 15.1 Å². The molecule has 19 heavy (non-hydrogen) atoms. The van der Waals surface area contributed by atoms with E-state index < -0.39 is 0 Å². The highest BCUT2D eigenvalue weighted by Gasteiger charge is 2.34. The highest BCUT2D eigenvalue weighted by molar-refractivity contribution is 5.82. The fourth-order valence-corrected chi connectivity index (χ4v) is 2.89. The number of carbonyl (C=O) groups is 1. The second kappa shape index (κ2) is 5.77. The summed E-state index contributed by atoms with van der Waals surface area (Å²) in [4.78, 5) is 16.8. The molecular formula is C14H27N3O2. The number of piperazine rings is 1. The number of hydrogen-bond donors (Lipinski definition) is 1. The number of rotatable bonds is 2. The van der Waals surface area contributed by atoms with Crippen LogP contribution in [-0.2, 0) is 9.53 Å². The topological polar surface area (TPSA) is 44.8 Å². The van der Waals surface area contributed by atoms with Crippen LogP contribution in [-0.4, -0.2) is 73.2 Å². The van der Waals surface area contributed by atoms with Gasteiger partial charge in [0, 0.05) is 45.4 Å². The van der Waals surface area contributed by atoms with Gasteiger partial charge in [0.05, 0.1) is 12.1 Å². The maximum atomic E-state index is 12.4. The van der Waals surface area contributed by atoms with E-state index in [-0.39, 0.29) is 23.6 Å². The second-order valence-electron chi connectivity index (χ2n) is 6.54. The molecule has 5 nitrogen and oxygen atoms in total. The van der Waals surface area contributed by atoms with Crippen molar-refractivity contribution in [1.29, 1.82) is 0 Å². The van der Waals surface area contributed by atoms with E-state index in [1.54, 1.807) is 7.11 Å². The predicted molar refractivity (Wildman–Crippen MR) is 75.1 cm³/mol. The highest BCUT2D eigenvalue weighted by atomic mass is 16.5. The maximum absolute atomic E-state index is 12.4. The Bertz CT molecular complexity index is 319. The number of methoxy groups -OCH3 is 1. The van der Waals surface area contributed by atoms with E-state index in [0.717, 1.165) is 39.1 Å². The smallest absolute Gasteiger partial charge is 0.239 e. The van der Waals surface area contributed by atoms with E-state index in [9.17, 15) is 4.79 Å². The number of carbonyl (C=O) groups excluding carboxylic acids is 1. The quantitative estimate of drug-likeness (QED) is 0.783. The monoisotopic (exact) mass is 269 g/mol. The molecule has 2 fully saturated rings. The Morgan fingerprint density at radius 3 is 2.32 bits per heavy atom. The Morgan fingerprint density at radius 2 is 1.84 bits per heavy atom. The lowest BCUT2D eigenvalue weighted by Crippen LogP contribution is -2.57. The SMILES string of the molecule is COC1CNC(C(=O)N2CCN(C(C)(C)C)CC2)C1. The predicted octanol–water partition coefficient (Wildman–Crippen LogP) is 0.306. The zero-order valence-corrected chi connectivity index (χ0v) is 12.6. The Hall–Kier alpha value is -0.650. The van der Waals surface area contributed by atoms with Crippen LogP contribution >= 0.6 is 0 Å². The van der Waals surface area contributed by atoms with Gasteiger partial charge in [0.15, 0.2) is 0 Å². The van der Waals surface area contributed by atoms with Crippen LogP contribution in [0.1, 0.15) is 27.2 Å². The Kier molecular flexibility index (Phi) is 4.48. The molecule has 110 valence electrons. The van der Waals surface area contributed by atoms with Gasteiger partial charge in [0.2, 0.25) is 5.91 Å². The standard InChI is InChI=1S/C14H27N3O2/c1-14(2,3)17-7-5-16(6-8-17)13(18)12-9-11(19-4)10-15-12/h11-12,15H,5-10H2,1-4H3. The molecule has 5 heteroatoms. The molecule has 0 spiro atoms. The summed E-state index contributed by atoms with van der Waals surface area (Å²) >= 11 is 0. The van der Waals surface area contributed by atoms with Gasteiger partial charge in [0.25, 0.3) is 0 Å². The van der Waals surface area contributed by atoms with Crippen LogP contribution in [0.2, 0.25) is 0 Å². The van der Waals surface area contributed by atoms with E-state index in [2.05, 4.69) is 31.0 Å². The summed E-state index contributed by atoms with van der Waals surface area (Å²) in [5, 5.41) is 3.27. The van der Waals surface area contributed by atoms with Gasteiger partial charge in [-0.05, 0) is 27.2 Å². The van der Waals surface area contributed by atoms with Crippen molar-refractivity contribution < 1.29 is 9.53 Å². The lowest BCUT2D eigenvalue weighted by molar-refractivity contribution is -0.135. The first-order valence-electron chi connectivity index (χ1n) is 7.22. The van der Waals surface area contributed by atoms with Crippen LogP contribution < -0.4 is 5.32 Å². The number of hydrogen-bond acceptors (Lipinski definition) is 4. The molecule has 2 heterocycles. The minimum Gasteiger partial charge on any atom is -0.380 e. The summed E-state index contributed by atoms with van der Waals surface area (Å²) in [5.41, 5.74) is 0.196. The molecule has 2 atom stereocenters. The van der Waals surface area contributed by atoms with Gasteiger partial charge < -0.3 is 15.0 Å². The molecule has 2 aliphatic heterocycles. The molecule has 0 bridgehead atoms. The molecular weight excluding hydrogens is 242 g/mol. The summed E-state index contributed by atoms with van der Waals surface area (Å²) in [6, 6.07) is -0.0499.